The second-order valence-corrected chi connectivity index (χ2v) is 25.9. The first-order chi connectivity index (χ1) is 58.8. The van der Waals surface area contributed by atoms with Crippen molar-refractivity contribution >= 4 is 53.3 Å². The first kappa shape index (κ1) is 111. The number of alkyl carbamates (subject to hydrolysis) is 2. The van der Waals surface area contributed by atoms with E-state index in [2.05, 4.69) is 49.7 Å². The van der Waals surface area contributed by atoms with Gasteiger partial charge in [0.15, 0.2) is 0 Å². The van der Waals surface area contributed by atoms with Crippen LogP contribution in [-0.2, 0) is 104 Å². The second kappa shape index (κ2) is 80.8. The number of alkyl halides is 3. The number of carboxylic acids is 1. The Hall–Kier alpha value is -6.58. The van der Waals surface area contributed by atoms with Crippen LogP contribution in [0, 0.1) is 0 Å². The number of hydrogen-bond donors (Lipinski definition) is 11. The van der Waals surface area contributed by atoms with Crippen LogP contribution in [0.1, 0.15) is 54.7 Å². The Balaban J connectivity index is 0.00000145. The molecule has 12 N–H and O–H groups in total. The van der Waals surface area contributed by atoms with Crippen LogP contribution in [0.3, 0.4) is 0 Å². The molecule has 0 aromatic heterocycles. The highest BCUT2D eigenvalue weighted by molar-refractivity contribution is 6.18. The molecule has 2 fully saturated rings. The fraction of sp³-hybridized carbons (Fsp3) is 0.646. The normalized spacial score (nSPS) is 14.0. The quantitative estimate of drug-likeness (QED) is 0.00972. The fourth-order valence-corrected chi connectivity index (χ4v) is 10.1. The number of carboxylic acid groups (broad SMARTS) is 1. The topological polar surface area (TPSA) is 468 Å². The van der Waals surface area contributed by atoms with Crippen LogP contribution in [0.5, 0.6) is 0 Å². The summed E-state index contributed by atoms with van der Waals surface area (Å²) < 4.78 is 110. The van der Waals surface area contributed by atoms with Crippen LogP contribution in [0.15, 0.2) is 97.1 Å². The smallest absolute Gasteiger partial charge is 0.407 e. The Morgan fingerprint density at radius 2 is 0.783 bits per heavy atom. The first-order valence-electron chi connectivity index (χ1n) is 39.8. The van der Waals surface area contributed by atoms with E-state index < -0.39 is 68.2 Å². The summed E-state index contributed by atoms with van der Waals surface area (Å²) in [6.07, 6.45) is -0.00827. The molecule has 38 heteroatoms. The molecule has 4 aliphatic rings. The highest BCUT2D eigenvalue weighted by Crippen LogP contribution is 2.45. The molecular formula is C82H133Cl2FN4O31. The lowest BCUT2D eigenvalue weighted by molar-refractivity contribution is -0.147. The fourth-order valence-electron chi connectivity index (χ4n) is 9.87. The molecule has 2 saturated heterocycles. The van der Waals surface area contributed by atoms with Gasteiger partial charge in [0.1, 0.15) is 57.8 Å². The zero-order valence-corrected chi connectivity index (χ0v) is 71.4. The van der Waals surface area contributed by atoms with Gasteiger partial charge < -0.3 is 147 Å². The van der Waals surface area contributed by atoms with E-state index in [1.807, 2.05) is 72.8 Å². The number of halogens is 3. The highest BCUT2D eigenvalue weighted by Gasteiger charge is 2.31. The number of esters is 2. The maximum Gasteiger partial charge on any atom is 0.407 e. The summed E-state index contributed by atoms with van der Waals surface area (Å²) in [5.74, 6) is -1.56. The summed E-state index contributed by atoms with van der Waals surface area (Å²) in [4.78, 5) is 56.6. The minimum Gasteiger partial charge on any atom is -0.480 e. The van der Waals surface area contributed by atoms with Gasteiger partial charge in [-0.1, -0.05) is 103 Å². The molecule has 0 bridgehead atoms. The number of nitrogens with two attached hydrogens (primary N) is 1. The molecular weight excluding hydrogens is 1630 g/mol. The van der Waals surface area contributed by atoms with E-state index in [4.69, 9.17) is 136 Å². The van der Waals surface area contributed by atoms with Crippen molar-refractivity contribution in [2.75, 3.05) is 285 Å². The van der Waals surface area contributed by atoms with E-state index in [0.29, 0.717) is 138 Å². The molecule has 35 nitrogen and oxygen atoms in total. The van der Waals surface area contributed by atoms with E-state index >= 15 is 0 Å². The number of methoxy groups -OCH3 is 5. The van der Waals surface area contributed by atoms with Gasteiger partial charge in [0, 0.05) is 47.4 Å². The number of nitrogens with one attached hydrogen (secondary N) is 3. The third-order valence-electron chi connectivity index (χ3n) is 15.8. The molecule has 688 valence electrons. The van der Waals surface area contributed by atoms with Gasteiger partial charge in [-0.2, -0.15) is 0 Å². The standard InChI is InChI=1S/C25H31NO8.C17H15NO4.C10H21NO6.C8H17ClO4.C8H18O5.C5H11N.C5H12O3.C3H5ClO.CH3F/c1-30-10-11-31-12-13-32-15-18(27)16-33-24(28)14-26-25(29)34-17-23-21-8-4-2-6-19(21)20-7-3-5-9-22(20)23;19-16(20)9-18-17(21)22-10-15-13-7-3-1-5-11(13)12-6-2-4-8-14(12)15;1-14-2-3-15-4-5-16-7-9(12)8-17-10(13)6-11;2*1-11-2-3-12-4-5-13-7-8(10)6-9;1-2-4-6-5-3-1;1-7-4-5-8-3-2-6;4-1-3-2-5-3;1-2/h2-9,18,23,27H,10-17H2,1H3,(H,26,29);1-8,15H,9-10H2,(H,18,21)(H,19,20);9,12H,2-8,11H2,1H3;8,10H,2-7H2,1H3;8-10H,2-7H2,1H3;6H,1-5H2;6H,2-5H2,1H3;3H,1-2H2;1H3/i;;;;;;;;1D. The van der Waals surface area contributed by atoms with Crippen LogP contribution in [0.25, 0.3) is 22.3 Å². The van der Waals surface area contributed by atoms with Gasteiger partial charge in [0.25, 0.3) is 0 Å². The number of aliphatic hydroxyl groups excluding tert-OH is 6. The van der Waals surface area contributed by atoms with Gasteiger partial charge in [0.2, 0.25) is 0 Å². The molecule has 120 heavy (non-hydrogen) atoms. The van der Waals surface area contributed by atoms with Gasteiger partial charge in [-0.25, -0.2) is 9.59 Å². The van der Waals surface area contributed by atoms with Crippen molar-refractivity contribution in [2.45, 2.75) is 61.6 Å². The van der Waals surface area contributed by atoms with Gasteiger partial charge in [-0.3, -0.25) is 18.8 Å². The van der Waals surface area contributed by atoms with Crippen molar-refractivity contribution in [3.63, 3.8) is 0 Å². The number of fused-ring (bicyclic) bond motifs is 6. The summed E-state index contributed by atoms with van der Waals surface area (Å²) in [6, 6.07) is 32.1. The zero-order valence-electron chi connectivity index (χ0n) is 70.9. The summed E-state index contributed by atoms with van der Waals surface area (Å²) in [5.41, 5.74) is 14.0. The number of aliphatic carboxylic acids is 1. The average Bonchev–Trinajstić information content (AvgIpc) is 1.62. The number of piperidine rings is 1. The largest absolute Gasteiger partial charge is 0.480 e. The van der Waals surface area contributed by atoms with Gasteiger partial charge >= 0.3 is 30.1 Å². The summed E-state index contributed by atoms with van der Waals surface area (Å²) in [6.45, 7) is 11.9. The molecule has 2 aliphatic carbocycles. The Bertz CT molecular complexity index is 3000. The van der Waals surface area contributed by atoms with Crippen LogP contribution in [0.2, 0.25) is 0 Å². The van der Waals surface area contributed by atoms with Crippen LogP contribution < -0.4 is 21.7 Å². The molecule has 2 aliphatic heterocycles. The second-order valence-electron chi connectivity index (χ2n) is 25.2. The van der Waals surface area contributed by atoms with Crippen molar-refractivity contribution in [2.24, 2.45) is 5.73 Å². The van der Waals surface area contributed by atoms with E-state index in [1.165, 1.54) is 32.4 Å². The average molecular weight is 1760 g/mol. The molecule has 4 aromatic rings. The van der Waals surface area contributed by atoms with Crippen molar-refractivity contribution in [3.05, 3.63) is 119 Å². The third kappa shape index (κ3) is 60.8. The number of ether oxygens (including phenoxy) is 19. The summed E-state index contributed by atoms with van der Waals surface area (Å²) >= 11 is 10.6. The Labute approximate surface area is 715 Å². The molecule has 0 spiro atoms. The van der Waals surface area contributed by atoms with E-state index in [-0.39, 0.29) is 96.9 Å². The third-order valence-corrected chi connectivity index (χ3v) is 16.5. The maximum absolute atomic E-state index is 12.1. The summed E-state index contributed by atoms with van der Waals surface area (Å²) in [5, 5.41) is 70.0. The van der Waals surface area contributed by atoms with Crippen LogP contribution in [0.4, 0.5) is 14.0 Å². The molecule has 8 rings (SSSR count). The Morgan fingerprint density at radius 3 is 1.07 bits per heavy atom. The molecule has 2 amide bonds. The Kier molecular flexibility index (Phi) is 75.0. The van der Waals surface area contributed by atoms with E-state index in [1.54, 1.807) is 35.5 Å². The molecule has 0 saturated carbocycles. The summed E-state index contributed by atoms with van der Waals surface area (Å²) in [7, 11) is 7.03. The van der Waals surface area contributed by atoms with Crippen molar-refractivity contribution in [1.82, 2.24) is 16.0 Å². The minimum atomic E-state index is -1.10. The maximum atomic E-state index is 12.1. The van der Waals surface area contributed by atoms with Crippen LogP contribution >= 0.6 is 23.2 Å². The Morgan fingerprint density at radius 1 is 0.467 bits per heavy atom. The number of amides is 2. The number of rotatable bonds is 53. The lowest BCUT2D eigenvalue weighted by atomic mass is 9.98. The van der Waals surface area contributed by atoms with E-state index in [0.717, 1.165) is 51.1 Å². The minimum absolute atomic E-state index is 0.000719. The van der Waals surface area contributed by atoms with Crippen molar-refractivity contribution in [1.29, 1.82) is 0 Å². The molecule has 5 atom stereocenters. The predicted molar refractivity (Wildman–Crippen MR) is 445 cm³/mol. The zero-order chi connectivity index (χ0) is 89.4. The number of carbonyl (C=O) groups excluding carboxylic acids is 4. The number of aliphatic hydroxyl groups is 6. The number of hydrogen-bond acceptors (Lipinski definition) is 32. The SMILES string of the molecule is C1CCNCC1.COCCOCCO.COCCOCCOCC(O)CCl.COCCOCCOCC(O)CO.COCCOCCOCC(O)COC(=O)CN.COCCOCCOCC(O)COC(=O)CNC(=O)OCC1c2ccccc2-c2ccccc21.ClCC1CO1.O=C(O)CNC(=O)OCC1c2ccccc2-c2ccccc21.[2H]CF. The molecule has 2 heterocycles. The highest BCUT2D eigenvalue weighted by atomic mass is 35.5. The number of benzene rings is 4. The first-order valence-corrected chi connectivity index (χ1v) is 40.2. The van der Waals surface area contributed by atoms with Crippen molar-refractivity contribution in [3.8, 4) is 22.3 Å². The monoisotopic (exact) mass is 1760 g/mol. The predicted octanol–water partition coefficient (Wildman–Crippen LogP) is 4.14. The lowest BCUT2D eigenvalue weighted by Gasteiger charge is -2.15. The number of carbonyl (C=O) groups is 5. The number of epoxide rings is 1. The van der Waals surface area contributed by atoms with E-state index in [9.17, 15) is 38.6 Å². The van der Waals surface area contributed by atoms with Crippen LogP contribution in [-0.4, -0.2) is 382 Å². The molecule has 0 radical (unpaired) electrons. The van der Waals surface area contributed by atoms with Crippen molar-refractivity contribution < 1.29 is 155 Å². The molecule has 4 aromatic carbocycles. The lowest BCUT2D eigenvalue weighted by Crippen LogP contribution is -2.33. The van der Waals surface area contributed by atoms with Gasteiger partial charge in [-0.15, -0.1) is 23.2 Å². The van der Waals surface area contributed by atoms with Gasteiger partial charge in [-0.05, 0) is 70.4 Å². The molecule has 5 unspecified atom stereocenters. The van der Waals surface area contributed by atoms with Gasteiger partial charge in [0.05, 0.1) is 211 Å².